The monoisotopic (exact) mass is 716 g/mol. The molecular formula is C49H45BN4O. The molecule has 0 N–H and O–H groups in total. The van der Waals surface area contributed by atoms with Gasteiger partial charge in [-0.1, -0.05) is 76.1 Å². The molecule has 4 aliphatic heterocycles. The lowest BCUT2D eigenvalue weighted by molar-refractivity contribution is 0.195. The summed E-state index contributed by atoms with van der Waals surface area (Å²) in [7, 11) is 0. The molecule has 270 valence electrons. The maximum atomic E-state index is 7.13. The molecular weight excluding hydrogens is 671 g/mol. The van der Waals surface area contributed by atoms with Gasteiger partial charge < -0.3 is 19.4 Å². The molecule has 2 aliphatic carbocycles. The van der Waals surface area contributed by atoms with Gasteiger partial charge in [0.05, 0.1) is 16.9 Å². The van der Waals surface area contributed by atoms with E-state index in [-0.39, 0.29) is 23.1 Å². The van der Waals surface area contributed by atoms with Gasteiger partial charge in [-0.25, -0.2) is 0 Å². The minimum absolute atomic E-state index is 0.0189. The van der Waals surface area contributed by atoms with Gasteiger partial charge >= 0.3 is 0 Å². The predicted octanol–water partition coefficient (Wildman–Crippen LogP) is 10.6. The van der Waals surface area contributed by atoms with Crippen LogP contribution in [-0.2, 0) is 17.3 Å². The van der Waals surface area contributed by atoms with Gasteiger partial charge in [0.15, 0.2) is 11.5 Å². The Labute approximate surface area is 324 Å². The summed E-state index contributed by atoms with van der Waals surface area (Å²) in [5.74, 6) is 1.68. The van der Waals surface area contributed by atoms with E-state index in [1.165, 1.54) is 94.4 Å². The first kappa shape index (κ1) is 31.8. The number of para-hydroxylation sites is 4. The summed E-state index contributed by atoms with van der Waals surface area (Å²) in [6.45, 7) is 9.93. The summed E-state index contributed by atoms with van der Waals surface area (Å²) in [6, 6.07) is 38.7. The van der Waals surface area contributed by atoms with Crippen molar-refractivity contribution in [3.8, 4) is 11.5 Å². The van der Waals surface area contributed by atoms with E-state index < -0.39 is 0 Å². The average Bonchev–Trinajstić information content (AvgIpc) is 3.41. The molecule has 2 unspecified atom stereocenters. The lowest BCUT2D eigenvalue weighted by Gasteiger charge is -2.52. The Morgan fingerprint density at radius 2 is 1.35 bits per heavy atom. The Hall–Kier alpha value is -5.49. The molecule has 2 bridgehead atoms. The summed E-state index contributed by atoms with van der Waals surface area (Å²) < 4.78 is 7.13. The molecule has 12 rings (SSSR count). The Morgan fingerprint density at radius 1 is 0.618 bits per heavy atom. The molecule has 5 nitrogen and oxygen atoms in total. The average molecular weight is 717 g/mol. The molecule has 0 saturated heterocycles. The molecule has 1 fully saturated rings. The normalized spacial score (nSPS) is 23.1. The summed E-state index contributed by atoms with van der Waals surface area (Å²) in [4.78, 5) is 12.5. The number of rotatable bonds is 1. The number of benzene rings is 5. The van der Waals surface area contributed by atoms with Crippen LogP contribution < -0.4 is 35.8 Å². The topological polar surface area (TPSA) is 31.8 Å². The largest absolute Gasteiger partial charge is 0.453 e. The highest BCUT2D eigenvalue weighted by Gasteiger charge is 2.61. The number of pyridine rings is 1. The van der Waals surface area contributed by atoms with Gasteiger partial charge in [0.2, 0.25) is 0 Å². The molecule has 6 aromatic rings. The Morgan fingerprint density at radius 3 is 2.18 bits per heavy atom. The molecule has 0 amide bonds. The molecule has 55 heavy (non-hydrogen) atoms. The highest BCUT2D eigenvalue weighted by atomic mass is 16.5. The molecule has 6 aliphatic rings. The van der Waals surface area contributed by atoms with E-state index in [9.17, 15) is 0 Å². The van der Waals surface area contributed by atoms with E-state index in [0.29, 0.717) is 0 Å². The zero-order valence-corrected chi connectivity index (χ0v) is 32.2. The van der Waals surface area contributed by atoms with Crippen molar-refractivity contribution < 1.29 is 4.74 Å². The van der Waals surface area contributed by atoms with Crippen LogP contribution in [0.25, 0.3) is 0 Å². The van der Waals surface area contributed by atoms with Crippen LogP contribution in [0.5, 0.6) is 11.5 Å². The number of hydrogen-bond acceptors (Lipinski definition) is 5. The highest BCUT2D eigenvalue weighted by molar-refractivity contribution is 7.00. The molecule has 0 radical (unpaired) electrons. The number of hydrogen-bond donors (Lipinski definition) is 0. The zero-order valence-electron chi connectivity index (χ0n) is 32.2. The standard InChI is InChI=1S/C49H45BN4O/c1-47(2)24-11-12-31-28-32(17-19-34(31)47)52-33-18-21-36-42(29-33)53(40-14-6-8-16-44(40)55-43-15-7-5-13-39(43)52)41-22-20-35-46-45(41)50(36)37-30-51-27-23-38(37)54(46)49(4)26-10-9-25-48(35,49)3/h5-8,13-23,27-30H,9-12,24-26H2,1-4H3. The Kier molecular flexibility index (Phi) is 6.27. The maximum Gasteiger partial charge on any atom is 0.254 e. The van der Waals surface area contributed by atoms with Crippen LogP contribution >= 0.6 is 0 Å². The molecule has 1 saturated carbocycles. The lowest BCUT2D eigenvalue weighted by Crippen LogP contribution is -2.64. The number of fused-ring (bicyclic) bond motifs is 13. The van der Waals surface area contributed by atoms with Crippen molar-refractivity contribution in [2.24, 2.45) is 0 Å². The van der Waals surface area contributed by atoms with E-state index in [1.54, 1.807) is 0 Å². The summed E-state index contributed by atoms with van der Waals surface area (Å²) in [5.41, 5.74) is 18.2. The van der Waals surface area contributed by atoms with Gasteiger partial charge in [-0.2, -0.15) is 0 Å². The second-order valence-electron chi connectivity index (χ2n) is 17.9. The first-order valence-corrected chi connectivity index (χ1v) is 20.4. The number of nitrogens with zero attached hydrogens (tertiary/aromatic N) is 4. The smallest absolute Gasteiger partial charge is 0.254 e. The van der Waals surface area contributed by atoms with Crippen molar-refractivity contribution >= 4 is 68.6 Å². The summed E-state index contributed by atoms with van der Waals surface area (Å²) in [5, 5.41) is 0. The maximum absolute atomic E-state index is 7.13. The van der Waals surface area contributed by atoms with Crippen LogP contribution in [0.1, 0.15) is 82.9 Å². The van der Waals surface area contributed by atoms with E-state index in [0.717, 1.165) is 40.7 Å². The zero-order chi connectivity index (χ0) is 36.8. The van der Waals surface area contributed by atoms with Crippen molar-refractivity contribution in [1.82, 2.24) is 4.98 Å². The van der Waals surface area contributed by atoms with E-state index in [4.69, 9.17) is 9.72 Å². The Bertz CT molecular complexity index is 2630. The van der Waals surface area contributed by atoms with Gasteiger partial charge in [-0.05, 0) is 138 Å². The van der Waals surface area contributed by atoms with Crippen LogP contribution in [0.15, 0.2) is 116 Å². The lowest BCUT2D eigenvalue weighted by atomic mass is 9.33. The molecule has 6 heteroatoms. The van der Waals surface area contributed by atoms with Crippen LogP contribution in [0.4, 0.5) is 45.5 Å². The summed E-state index contributed by atoms with van der Waals surface area (Å²) >= 11 is 0. The third-order valence-corrected chi connectivity index (χ3v) is 14.8. The second-order valence-corrected chi connectivity index (χ2v) is 17.9. The minimum atomic E-state index is -0.0189. The van der Waals surface area contributed by atoms with Crippen molar-refractivity contribution in [2.75, 3.05) is 14.7 Å². The van der Waals surface area contributed by atoms with Gasteiger partial charge in [-0.3, -0.25) is 4.98 Å². The van der Waals surface area contributed by atoms with E-state index in [1.807, 2.05) is 6.20 Å². The van der Waals surface area contributed by atoms with E-state index >= 15 is 0 Å². The quantitative estimate of drug-likeness (QED) is 0.158. The van der Waals surface area contributed by atoms with Gasteiger partial charge in [0, 0.05) is 51.9 Å². The highest BCUT2D eigenvalue weighted by Crippen LogP contribution is 2.62. The fraction of sp³-hybridized carbons (Fsp3) is 0.286. The van der Waals surface area contributed by atoms with Gasteiger partial charge in [-0.15, -0.1) is 0 Å². The van der Waals surface area contributed by atoms with Crippen LogP contribution in [0.2, 0.25) is 0 Å². The first-order valence-electron chi connectivity index (χ1n) is 20.4. The van der Waals surface area contributed by atoms with Gasteiger partial charge in [0.1, 0.15) is 0 Å². The van der Waals surface area contributed by atoms with Crippen LogP contribution in [-0.4, -0.2) is 17.2 Å². The number of aryl methyl sites for hydroxylation is 1. The Balaban J connectivity index is 1.15. The number of aromatic nitrogens is 1. The molecule has 5 heterocycles. The first-order chi connectivity index (χ1) is 26.8. The van der Waals surface area contributed by atoms with Crippen molar-refractivity contribution in [1.29, 1.82) is 0 Å². The third kappa shape index (κ3) is 4.02. The van der Waals surface area contributed by atoms with Crippen LogP contribution in [0.3, 0.4) is 0 Å². The number of ether oxygens (including phenoxy) is 1. The van der Waals surface area contributed by atoms with Crippen molar-refractivity contribution in [3.05, 3.63) is 132 Å². The summed E-state index contributed by atoms with van der Waals surface area (Å²) in [6.07, 6.45) is 12.6. The molecule has 5 aromatic carbocycles. The van der Waals surface area contributed by atoms with E-state index in [2.05, 4.69) is 152 Å². The third-order valence-electron chi connectivity index (χ3n) is 14.8. The van der Waals surface area contributed by atoms with Crippen LogP contribution in [0, 0.1) is 0 Å². The fourth-order valence-corrected chi connectivity index (χ4v) is 11.9. The fourth-order valence-electron chi connectivity index (χ4n) is 11.9. The second kappa shape index (κ2) is 10.8. The minimum Gasteiger partial charge on any atom is -0.453 e. The molecule has 1 aromatic heterocycles. The van der Waals surface area contributed by atoms with Crippen molar-refractivity contribution in [3.63, 3.8) is 0 Å². The predicted molar refractivity (Wildman–Crippen MR) is 227 cm³/mol. The number of anilines is 8. The van der Waals surface area contributed by atoms with Gasteiger partial charge in [0.25, 0.3) is 6.71 Å². The van der Waals surface area contributed by atoms with Crippen molar-refractivity contribution in [2.45, 2.75) is 89.0 Å². The SMILES string of the molecule is CC1(C)CCCc2cc(N3c4ccc5c(c4)N(c4ccccc4Oc4ccccc43)c3ccc4c6c3B5c3cnccc3N6C3(C)CCCCC43C)ccc21. The molecule has 2 atom stereocenters. The molecule has 0 spiro atoms.